The molecule has 1 aromatic heterocycles. The van der Waals surface area contributed by atoms with E-state index in [-0.39, 0.29) is 36.0 Å². The minimum Gasteiger partial charge on any atom is -0.482 e. The van der Waals surface area contributed by atoms with Gasteiger partial charge >= 0.3 is 0 Å². The van der Waals surface area contributed by atoms with Crippen molar-refractivity contribution in [2.75, 3.05) is 28.7 Å². The van der Waals surface area contributed by atoms with Gasteiger partial charge in [0, 0.05) is 11.3 Å². The number of sulfone groups is 1. The number of nitrogens with zero attached hydrogens (tertiary/aromatic N) is 2. The summed E-state index contributed by atoms with van der Waals surface area (Å²) >= 11 is 0. The molecule has 0 radical (unpaired) electrons. The van der Waals surface area contributed by atoms with Crippen LogP contribution in [0.5, 0.6) is 5.75 Å². The molecule has 0 bridgehead atoms. The van der Waals surface area contributed by atoms with Gasteiger partial charge in [-0.3, -0.25) is 14.3 Å². The topological polar surface area (TPSA) is 119 Å². The number of carbonyl (C=O) groups excluding carboxylic acids is 2. The van der Waals surface area contributed by atoms with Crippen molar-refractivity contribution in [1.82, 2.24) is 9.78 Å². The first-order valence-corrected chi connectivity index (χ1v) is 11.4. The van der Waals surface area contributed by atoms with E-state index in [1.54, 1.807) is 22.9 Å². The summed E-state index contributed by atoms with van der Waals surface area (Å²) in [4.78, 5) is 24.7. The van der Waals surface area contributed by atoms with Crippen LogP contribution >= 0.6 is 0 Å². The number of hydrogen-bond acceptors (Lipinski definition) is 6. The van der Waals surface area contributed by atoms with Crippen molar-refractivity contribution in [3.05, 3.63) is 35.2 Å². The van der Waals surface area contributed by atoms with Gasteiger partial charge in [-0.1, -0.05) is 0 Å². The highest BCUT2D eigenvalue weighted by Crippen LogP contribution is 2.33. The molecule has 3 aliphatic rings. The minimum atomic E-state index is -3.10. The van der Waals surface area contributed by atoms with Crippen molar-refractivity contribution >= 4 is 33.0 Å². The number of fused-ring (bicyclic) bond motifs is 2. The number of rotatable bonds is 3. The second-order valence-corrected chi connectivity index (χ2v) is 9.86. The van der Waals surface area contributed by atoms with Gasteiger partial charge < -0.3 is 15.4 Å². The van der Waals surface area contributed by atoms with Gasteiger partial charge in [-0.2, -0.15) is 5.10 Å². The molecule has 2 aliphatic heterocycles. The van der Waals surface area contributed by atoms with E-state index in [1.807, 2.05) is 0 Å². The lowest BCUT2D eigenvalue weighted by Crippen LogP contribution is -2.26. The Balaban J connectivity index is 1.46. The number of aryl methyl sites for hydroxylation is 1. The maximum Gasteiger partial charge on any atom is 0.274 e. The van der Waals surface area contributed by atoms with Crippen LogP contribution in [0.3, 0.4) is 0 Å². The second-order valence-electron chi connectivity index (χ2n) is 7.63. The van der Waals surface area contributed by atoms with E-state index in [0.717, 1.165) is 30.5 Å². The van der Waals surface area contributed by atoms with Crippen LogP contribution in [0.1, 0.15) is 40.6 Å². The Labute approximate surface area is 167 Å². The van der Waals surface area contributed by atoms with E-state index in [0.29, 0.717) is 29.2 Å². The van der Waals surface area contributed by atoms with E-state index in [9.17, 15) is 18.0 Å². The molecule has 1 fully saturated rings. The third-order valence-electron chi connectivity index (χ3n) is 5.57. The van der Waals surface area contributed by atoms with Gasteiger partial charge in [-0.05, 0) is 43.9 Å². The standard InChI is InChI=1S/C19H20N4O5S/c24-17-9-28-16-5-4-11(8-15(16)21-17)20-19(25)18-13-2-1-3-14(13)22-23(18)12-6-7-29(26,27)10-12/h4-5,8,12H,1-3,6-7,9-10H2,(H,20,25)(H,21,24). The fourth-order valence-corrected chi connectivity index (χ4v) is 5.93. The van der Waals surface area contributed by atoms with E-state index in [1.165, 1.54) is 0 Å². The summed E-state index contributed by atoms with van der Waals surface area (Å²) in [6.45, 7) is -0.0334. The minimum absolute atomic E-state index is 0.00998. The normalized spacial score (nSPS) is 21.8. The Morgan fingerprint density at radius 2 is 2.17 bits per heavy atom. The Morgan fingerprint density at radius 3 is 2.97 bits per heavy atom. The molecular formula is C19H20N4O5S. The molecule has 0 spiro atoms. The third-order valence-corrected chi connectivity index (χ3v) is 7.32. The molecule has 1 saturated heterocycles. The maximum absolute atomic E-state index is 13.2. The smallest absolute Gasteiger partial charge is 0.274 e. The molecule has 1 unspecified atom stereocenters. The zero-order chi connectivity index (χ0) is 20.2. The van der Waals surface area contributed by atoms with E-state index < -0.39 is 9.84 Å². The van der Waals surface area contributed by atoms with Gasteiger partial charge in [0.1, 0.15) is 11.4 Å². The summed E-state index contributed by atoms with van der Waals surface area (Å²) in [5, 5.41) is 10.2. The zero-order valence-corrected chi connectivity index (χ0v) is 16.4. The monoisotopic (exact) mass is 416 g/mol. The number of aromatic nitrogens is 2. The molecule has 1 aromatic carbocycles. The summed E-state index contributed by atoms with van der Waals surface area (Å²) < 4.78 is 30.8. The third kappa shape index (κ3) is 3.27. The van der Waals surface area contributed by atoms with Crippen LogP contribution in [-0.4, -0.2) is 48.1 Å². The largest absolute Gasteiger partial charge is 0.482 e. The molecule has 10 heteroatoms. The maximum atomic E-state index is 13.2. The first-order valence-electron chi connectivity index (χ1n) is 9.58. The molecule has 1 atom stereocenters. The van der Waals surface area contributed by atoms with Crippen LogP contribution in [0.4, 0.5) is 11.4 Å². The Hall–Kier alpha value is -2.88. The number of amides is 2. The van der Waals surface area contributed by atoms with Crippen LogP contribution in [0.2, 0.25) is 0 Å². The van der Waals surface area contributed by atoms with Crippen molar-refractivity contribution in [3.63, 3.8) is 0 Å². The fraction of sp³-hybridized carbons (Fsp3) is 0.421. The molecule has 5 rings (SSSR count). The molecule has 0 saturated carbocycles. The Kier molecular flexibility index (Phi) is 4.12. The number of anilines is 2. The molecule has 2 aromatic rings. The average molecular weight is 416 g/mol. The van der Waals surface area contributed by atoms with Crippen molar-refractivity contribution in [3.8, 4) is 5.75 Å². The van der Waals surface area contributed by atoms with Crippen molar-refractivity contribution in [2.45, 2.75) is 31.7 Å². The SMILES string of the molecule is O=C1COc2ccc(NC(=O)c3c4c(nn3C3CCS(=O)(=O)C3)CCC4)cc2N1. The predicted molar refractivity (Wildman–Crippen MR) is 105 cm³/mol. The highest BCUT2D eigenvalue weighted by Gasteiger charge is 2.35. The zero-order valence-electron chi connectivity index (χ0n) is 15.6. The summed E-state index contributed by atoms with van der Waals surface area (Å²) in [5.41, 5.74) is 3.24. The molecule has 29 heavy (non-hydrogen) atoms. The van der Waals surface area contributed by atoms with Gasteiger partial charge in [0.25, 0.3) is 11.8 Å². The molecular weight excluding hydrogens is 396 g/mol. The number of nitrogens with one attached hydrogen (secondary N) is 2. The van der Waals surface area contributed by atoms with Crippen LogP contribution in [-0.2, 0) is 27.5 Å². The highest BCUT2D eigenvalue weighted by atomic mass is 32.2. The van der Waals surface area contributed by atoms with Crippen LogP contribution in [0, 0.1) is 0 Å². The van der Waals surface area contributed by atoms with Gasteiger partial charge in [0.05, 0.1) is 28.9 Å². The quantitative estimate of drug-likeness (QED) is 0.779. The molecule has 3 heterocycles. The van der Waals surface area contributed by atoms with E-state index in [2.05, 4.69) is 15.7 Å². The lowest BCUT2D eigenvalue weighted by atomic mass is 10.1. The number of hydrogen-bond donors (Lipinski definition) is 2. The summed E-state index contributed by atoms with van der Waals surface area (Å²) in [6, 6.07) is 4.72. The summed E-state index contributed by atoms with van der Waals surface area (Å²) in [5.74, 6) is 0.0982. The van der Waals surface area contributed by atoms with Crippen molar-refractivity contribution < 1.29 is 22.7 Å². The summed E-state index contributed by atoms with van der Waals surface area (Å²) in [7, 11) is -3.10. The molecule has 152 valence electrons. The lowest BCUT2D eigenvalue weighted by Gasteiger charge is -2.19. The fourth-order valence-electron chi connectivity index (χ4n) is 4.24. The van der Waals surface area contributed by atoms with Crippen LogP contribution < -0.4 is 15.4 Å². The summed E-state index contributed by atoms with van der Waals surface area (Å²) in [6.07, 6.45) is 2.95. The van der Waals surface area contributed by atoms with Crippen molar-refractivity contribution in [2.24, 2.45) is 0 Å². The highest BCUT2D eigenvalue weighted by molar-refractivity contribution is 7.91. The van der Waals surface area contributed by atoms with Crippen molar-refractivity contribution in [1.29, 1.82) is 0 Å². The number of benzene rings is 1. The van der Waals surface area contributed by atoms with Gasteiger partial charge in [0.2, 0.25) is 0 Å². The number of ether oxygens (including phenoxy) is 1. The predicted octanol–water partition coefficient (Wildman–Crippen LogP) is 1.31. The Bertz CT molecular complexity index is 1140. The lowest BCUT2D eigenvalue weighted by molar-refractivity contribution is -0.118. The second kappa shape index (κ2) is 6.58. The average Bonchev–Trinajstić information content (AvgIpc) is 3.34. The number of carbonyl (C=O) groups is 2. The first kappa shape index (κ1) is 18.2. The molecule has 2 amide bonds. The van der Waals surface area contributed by atoms with Gasteiger partial charge in [0.15, 0.2) is 16.4 Å². The van der Waals surface area contributed by atoms with Crippen LogP contribution in [0.15, 0.2) is 18.2 Å². The van der Waals surface area contributed by atoms with Gasteiger partial charge in [-0.15, -0.1) is 0 Å². The molecule has 9 nitrogen and oxygen atoms in total. The molecule has 1 aliphatic carbocycles. The van der Waals surface area contributed by atoms with E-state index >= 15 is 0 Å². The van der Waals surface area contributed by atoms with Gasteiger partial charge in [-0.25, -0.2) is 8.42 Å². The van der Waals surface area contributed by atoms with Crippen LogP contribution in [0.25, 0.3) is 0 Å². The first-order chi connectivity index (χ1) is 13.9. The van der Waals surface area contributed by atoms with E-state index in [4.69, 9.17) is 4.74 Å². The molecule has 2 N–H and O–H groups in total. The Morgan fingerprint density at radius 1 is 1.31 bits per heavy atom.